The first-order valence-corrected chi connectivity index (χ1v) is 3.75. The van der Waals surface area contributed by atoms with Gasteiger partial charge in [-0.25, -0.2) is 0 Å². The molecule has 1 aliphatic rings. The first kappa shape index (κ1) is 7.32. The summed E-state index contributed by atoms with van der Waals surface area (Å²) in [6.07, 6.45) is 6.70. The molecule has 0 aromatic heterocycles. The van der Waals surface area contributed by atoms with Crippen LogP contribution < -0.4 is 0 Å². The molecule has 0 aliphatic carbocycles. The van der Waals surface area contributed by atoms with Crippen LogP contribution in [0.4, 0.5) is 0 Å². The Kier molecular flexibility index (Phi) is 2.49. The average Bonchev–Trinajstić information content (AvgIpc) is 2.40. The van der Waals surface area contributed by atoms with E-state index in [0.717, 1.165) is 12.6 Å². The smallest absolute Gasteiger partial charge is 0.0968 e. The van der Waals surface area contributed by atoms with Crippen molar-refractivity contribution in [2.45, 2.75) is 26.7 Å². The molecular weight excluding hydrogens is 124 g/mol. The van der Waals surface area contributed by atoms with Gasteiger partial charge in [-0.1, -0.05) is 30.3 Å². The summed E-state index contributed by atoms with van der Waals surface area (Å²) in [5.41, 5.74) is 0. The van der Waals surface area contributed by atoms with Gasteiger partial charge < -0.3 is 0 Å². The van der Waals surface area contributed by atoms with Gasteiger partial charge in [-0.05, 0) is 5.92 Å². The molecule has 1 heterocycles. The summed E-state index contributed by atoms with van der Waals surface area (Å²) in [5.74, 6) is 0.711. The minimum atomic E-state index is 0.711. The lowest BCUT2D eigenvalue weighted by Crippen LogP contribution is -1.96. The second-order valence-electron chi connectivity index (χ2n) is 2.69. The Morgan fingerprint density at radius 1 is 1.40 bits per heavy atom. The van der Waals surface area contributed by atoms with Crippen molar-refractivity contribution in [1.82, 2.24) is 0 Å². The van der Waals surface area contributed by atoms with Crippen LogP contribution in [0.2, 0.25) is 0 Å². The maximum atomic E-state index is 4.09. The molecule has 1 aliphatic heterocycles. The SMILES string of the molecule is CCC(C)C[C+]1N=CC=N1. The Bertz CT molecular complexity index is 137. The van der Waals surface area contributed by atoms with E-state index in [-0.39, 0.29) is 0 Å². The number of nitrogens with zero attached hydrogens (tertiary/aromatic N) is 2. The normalized spacial score (nSPS) is 18.4. The van der Waals surface area contributed by atoms with Gasteiger partial charge in [-0.3, -0.25) is 0 Å². The minimum Gasteiger partial charge on any atom is -0.0968 e. The topological polar surface area (TPSA) is 24.7 Å². The molecule has 1 rings (SSSR count). The molecule has 10 heavy (non-hydrogen) atoms. The molecule has 0 amide bonds. The van der Waals surface area contributed by atoms with Crippen molar-refractivity contribution in [3.8, 4) is 0 Å². The summed E-state index contributed by atoms with van der Waals surface area (Å²) in [4.78, 5) is 8.19. The molecule has 0 aromatic carbocycles. The van der Waals surface area contributed by atoms with Crippen LogP contribution in [-0.2, 0) is 0 Å². The summed E-state index contributed by atoms with van der Waals surface area (Å²) >= 11 is 0. The van der Waals surface area contributed by atoms with Crippen LogP contribution in [0.3, 0.4) is 0 Å². The van der Waals surface area contributed by atoms with Crippen molar-refractivity contribution in [2.24, 2.45) is 15.9 Å². The maximum absolute atomic E-state index is 4.09. The van der Waals surface area contributed by atoms with E-state index in [1.807, 2.05) is 0 Å². The van der Waals surface area contributed by atoms with Gasteiger partial charge in [-0.2, -0.15) is 0 Å². The van der Waals surface area contributed by atoms with Crippen molar-refractivity contribution >= 4 is 12.4 Å². The zero-order valence-corrected chi connectivity index (χ0v) is 6.54. The van der Waals surface area contributed by atoms with Crippen molar-refractivity contribution in [3.63, 3.8) is 0 Å². The fourth-order valence-corrected chi connectivity index (χ4v) is 0.833. The molecule has 2 nitrogen and oxygen atoms in total. The fraction of sp³-hybridized carbons (Fsp3) is 0.625. The first-order chi connectivity index (χ1) is 4.83. The molecule has 0 bridgehead atoms. The summed E-state index contributed by atoms with van der Waals surface area (Å²) < 4.78 is 0. The van der Waals surface area contributed by atoms with Gasteiger partial charge in [0, 0.05) is 0 Å². The van der Waals surface area contributed by atoms with Crippen molar-refractivity contribution < 1.29 is 0 Å². The van der Waals surface area contributed by atoms with Crippen molar-refractivity contribution in [3.05, 3.63) is 6.17 Å². The predicted molar refractivity (Wildman–Crippen MR) is 44.3 cm³/mol. The van der Waals surface area contributed by atoms with E-state index >= 15 is 0 Å². The van der Waals surface area contributed by atoms with E-state index in [4.69, 9.17) is 0 Å². The van der Waals surface area contributed by atoms with Crippen LogP contribution in [-0.4, -0.2) is 12.4 Å². The first-order valence-electron chi connectivity index (χ1n) is 3.75. The third-order valence-corrected chi connectivity index (χ3v) is 1.74. The Morgan fingerprint density at radius 2 is 2.00 bits per heavy atom. The zero-order chi connectivity index (χ0) is 7.40. The summed E-state index contributed by atoms with van der Waals surface area (Å²) in [5, 5.41) is 0. The Balaban J connectivity index is 2.25. The molecule has 0 saturated carbocycles. The van der Waals surface area contributed by atoms with Gasteiger partial charge in [0.05, 0.1) is 6.42 Å². The second kappa shape index (κ2) is 3.40. The fourth-order valence-electron chi connectivity index (χ4n) is 0.833. The summed E-state index contributed by atoms with van der Waals surface area (Å²) in [6, 6.07) is 0. The zero-order valence-electron chi connectivity index (χ0n) is 6.54. The van der Waals surface area contributed by atoms with Gasteiger partial charge in [0.25, 0.3) is 0 Å². The second-order valence-corrected chi connectivity index (χ2v) is 2.69. The van der Waals surface area contributed by atoms with Crippen LogP contribution in [0.1, 0.15) is 26.7 Å². The molecule has 0 spiro atoms. The average molecular weight is 137 g/mol. The molecule has 1 atom stereocenters. The molecule has 0 saturated heterocycles. The highest BCUT2D eigenvalue weighted by Crippen LogP contribution is 2.20. The van der Waals surface area contributed by atoms with E-state index in [0.29, 0.717) is 5.92 Å². The van der Waals surface area contributed by atoms with E-state index in [9.17, 15) is 0 Å². The highest BCUT2D eigenvalue weighted by Gasteiger charge is 2.18. The molecule has 0 fully saturated rings. The molecule has 0 N–H and O–H groups in total. The lowest BCUT2D eigenvalue weighted by molar-refractivity contribution is 0.521. The van der Waals surface area contributed by atoms with E-state index in [1.165, 1.54) is 6.42 Å². The van der Waals surface area contributed by atoms with Crippen molar-refractivity contribution in [2.75, 3.05) is 0 Å². The quantitative estimate of drug-likeness (QED) is 0.532. The van der Waals surface area contributed by atoms with Crippen LogP contribution >= 0.6 is 0 Å². The molecule has 0 aromatic rings. The highest BCUT2D eigenvalue weighted by atomic mass is 15.0. The molecule has 2 heteroatoms. The van der Waals surface area contributed by atoms with Crippen LogP contribution in [0, 0.1) is 12.1 Å². The standard InChI is InChI=1S/C8H13N2/c1-3-7(2)6-8-9-4-5-10-8/h4-5,7H,3,6H2,1-2H3/q+1. The van der Waals surface area contributed by atoms with Gasteiger partial charge >= 0.3 is 0 Å². The Labute approximate surface area is 62.1 Å². The van der Waals surface area contributed by atoms with E-state index < -0.39 is 0 Å². The number of rotatable bonds is 3. The lowest BCUT2D eigenvalue weighted by Gasteiger charge is -2.03. The van der Waals surface area contributed by atoms with E-state index in [1.54, 1.807) is 12.4 Å². The predicted octanol–water partition coefficient (Wildman–Crippen LogP) is 2.07. The molecular formula is C8H13N2+. The van der Waals surface area contributed by atoms with Crippen LogP contribution in [0.25, 0.3) is 0 Å². The van der Waals surface area contributed by atoms with Crippen molar-refractivity contribution in [1.29, 1.82) is 0 Å². The van der Waals surface area contributed by atoms with Gasteiger partial charge in [0.2, 0.25) is 6.17 Å². The maximum Gasteiger partial charge on any atom is 0.240 e. The number of aliphatic imine (C=N–C) groups is 2. The molecule has 0 radical (unpaired) electrons. The number of hydrogen-bond acceptors (Lipinski definition) is 2. The molecule has 54 valence electrons. The summed E-state index contributed by atoms with van der Waals surface area (Å²) in [6.45, 7) is 4.41. The highest BCUT2D eigenvalue weighted by molar-refractivity contribution is 6.18. The Morgan fingerprint density at radius 3 is 2.50 bits per heavy atom. The monoisotopic (exact) mass is 137 g/mol. The van der Waals surface area contributed by atoms with Gasteiger partial charge in [-0.15, -0.1) is 0 Å². The largest absolute Gasteiger partial charge is 0.240 e. The summed E-state index contributed by atoms with van der Waals surface area (Å²) in [7, 11) is 0. The third kappa shape index (κ3) is 1.87. The van der Waals surface area contributed by atoms with E-state index in [2.05, 4.69) is 23.8 Å². The lowest BCUT2D eigenvalue weighted by atomic mass is 10.0. The van der Waals surface area contributed by atoms with Crippen LogP contribution in [0.5, 0.6) is 0 Å². The van der Waals surface area contributed by atoms with Gasteiger partial charge in [0.1, 0.15) is 0 Å². The third-order valence-electron chi connectivity index (χ3n) is 1.74. The Hall–Kier alpha value is -0.790. The van der Waals surface area contributed by atoms with Crippen LogP contribution in [0.15, 0.2) is 9.98 Å². The molecule has 1 unspecified atom stereocenters. The minimum absolute atomic E-state index is 0.711. The van der Waals surface area contributed by atoms with Gasteiger partial charge in [0.15, 0.2) is 12.4 Å². The number of hydrogen-bond donors (Lipinski definition) is 0.